The van der Waals surface area contributed by atoms with Crippen LogP contribution < -0.4 is 14.4 Å². The molecule has 6 atom stereocenters. The van der Waals surface area contributed by atoms with Crippen molar-refractivity contribution < 1.29 is 32.1 Å². The summed E-state index contributed by atoms with van der Waals surface area (Å²) >= 11 is 6.43. The van der Waals surface area contributed by atoms with Crippen LogP contribution in [0.2, 0.25) is 5.02 Å². The standard InChI is InChI=1S/C37H45ClF2N4O5S/c1-23-5-3-7-32(48-2)29-11-8-26(29)17-44-21-37(14-4-6-24-15-28(38)10-12-30(24)37)22-49-33-13-9-25(16-31(33)44)35(45)41-50(47,20-23)42-36(46)43-18-27(19-43)34(39)40/h3,7,9-10,12-13,15-16,23,26-27,29,32,34H,4-6,8,11,14,17-22H2,1-2H3,(H,41,42,45,46,47)/b7-3+/t23-,26-,29+,32-,37-,50?/m0/s1. The molecule has 50 heavy (non-hydrogen) atoms. The van der Waals surface area contributed by atoms with E-state index in [0.717, 1.165) is 49.4 Å². The molecule has 270 valence electrons. The molecule has 2 aromatic rings. The van der Waals surface area contributed by atoms with Crippen molar-refractivity contribution in [3.63, 3.8) is 0 Å². The van der Waals surface area contributed by atoms with E-state index in [2.05, 4.69) is 32.2 Å². The van der Waals surface area contributed by atoms with E-state index < -0.39 is 34.2 Å². The Bertz CT molecular complexity index is 1790. The first-order valence-electron chi connectivity index (χ1n) is 17.6. The third-order valence-corrected chi connectivity index (χ3v) is 13.5. The molecule has 2 aliphatic carbocycles. The average Bonchev–Trinajstić information content (AvgIpc) is 3.17. The molecule has 2 aromatic carbocycles. The second-order valence-electron chi connectivity index (χ2n) is 14.9. The van der Waals surface area contributed by atoms with E-state index in [9.17, 15) is 22.6 Å². The lowest BCUT2D eigenvalue weighted by Crippen LogP contribution is -2.57. The van der Waals surface area contributed by atoms with Gasteiger partial charge in [-0.25, -0.2) is 17.8 Å². The van der Waals surface area contributed by atoms with Crippen molar-refractivity contribution in [1.82, 2.24) is 9.62 Å². The van der Waals surface area contributed by atoms with Crippen molar-refractivity contribution in [3.8, 4) is 5.75 Å². The van der Waals surface area contributed by atoms with Crippen LogP contribution in [0.4, 0.5) is 19.3 Å². The largest absolute Gasteiger partial charge is 0.490 e. The second-order valence-corrected chi connectivity index (χ2v) is 17.3. The Morgan fingerprint density at radius 3 is 2.74 bits per heavy atom. The van der Waals surface area contributed by atoms with Crippen molar-refractivity contribution in [2.45, 2.75) is 63.4 Å². The number of ether oxygens (including phenoxy) is 2. The summed E-state index contributed by atoms with van der Waals surface area (Å²) in [6.07, 6.45) is 6.98. The molecule has 1 saturated carbocycles. The number of nitrogens with zero attached hydrogens (tertiary/aromatic N) is 3. The minimum absolute atomic E-state index is 0.0865. The predicted octanol–water partition coefficient (Wildman–Crippen LogP) is 6.88. The molecular weight excluding hydrogens is 686 g/mol. The number of hydrogen-bond donors (Lipinski definition) is 1. The number of halogens is 3. The topological polar surface area (TPSA) is 101 Å². The first kappa shape index (κ1) is 35.2. The number of rotatable bonds is 3. The van der Waals surface area contributed by atoms with Crippen LogP contribution in [0.15, 0.2) is 52.9 Å². The predicted molar refractivity (Wildman–Crippen MR) is 190 cm³/mol. The molecule has 13 heteroatoms. The fourth-order valence-electron chi connectivity index (χ4n) is 8.41. The van der Waals surface area contributed by atoms with Gasteiger partial charge >= 0.3 is 6.03 Å². The van der Waals surface area contributed by atoms with Crippen LogP contribution in [0, 0.1) is 23.7 Å². The number of amides is 3. The average molecular weight is 731 g/mol. The highest BCUT2D eigenvalue weighted by atomic mass is 35.5. The molecular formula is C37H45ClF2N4O5S. The summed E-state index contributed by atoms with van der Waals surface area (Å²) in [5, 5.41) is 0.718. The van der Waals surface area contributed by atoms with Crippen molar-refractivity contribution in [2.24, 2.45) is 28.0 Å². The number of alkyl halides is 2. The number of aryl methyl sites for hydroxylation is 1. The van der Waals surface area contributed by atoms with Crippen molar-refractivity contribution in [2.75, 3.05) is 50.5 Å². The zero-order valence-electron chi connectivity index (χ0n) is 28.5. The molecule has 9 nitrogen and oxygen atoms in total. The number of hydrogen-bond acceptors (Lipinski definition) is 6. The molecule has 0 aromatic heterocycles. The van der Waals surface area contributed by atoms with Gasteiger partial charge in [-0.3, -0.25) is 9.52 Å². The van der Waals surface area contributed by atoms with Gasteiger partial charge in [0.2, 0.25) is 6.43 Å². The zero-order valence-corrected chi connectivity index (χ0v) is 30.1. The number of carbonyl (C=O) groups excluding carboxylic acids is 2. The number of fused-ring (bicyclic) bond motifs is 4. The number of anilines is 1. The lowest BCUT2D eigenvalue weighted by molar-refractivity contribution is -0.00359. The third kappa shape index (κ3) is 6.99. The van der Waals surface area contributed by atoms with E-state index in [1.165, 1.54) is 16.0 Å². The van der Waals surface area contributed by atoms with Gasteiger partial charge in [-0.2, -0.15) is 0 Å². The minimum atomic E-state index is -3.63. The lowest BCUT2D eigenvalue weighted by atomic mass is 9.68. The normalized spacial score (nSPS) is 32.1. The summed E-state index contributed by atoms with van der Waals surface area (Å²) in [5.74, 6) is -0.632. The van der Waals surface area contributed by atoms with Crippen molar-refractivity contribution in [1.29, 1.82) is 0 Å². The van der Waals surface area contributed by atoms with Gasteiger partial charge in [-0.1, -0.05) is 36.7 Å². The first-order chi connectivity index (χ1) is 24.0. The van der Waals surface area contributed by atoms with Crippen LogP contribution in [0.25, 0.3) is 0 Å². The maximum atomic E-state index is 14.3. The molecule has 3 amide bonds. The number of methoxy groups -OCH3 is 1. The van der Waals surface area contributed by atoms with Crippen LogP contribution >= 0.6 is 11.6 Å². The van der Waals surface area contributed by atoms with E-state index in [4.69, 9.17) is 21.1 Å². The van der Waals surface area contributed by atoms with Crippen LogP contribution in [-0.2, 0) is 26.5 Å². The first-order valence-corrected chi connectivity index (χ1v) is 19.7. The number of urea groups is 1. The molecule has 3 heterocycles. The molecule has 2 fully saturated rings. The van der Waals surface area contributed by atoms with Crippen LogP contribution in [0.3, 0.4) is 0 Å². The van der Waals surface area contributed by atoms with E-state index in [-0.39, 0.29) is 41.8 Å². The highest BCUT2D eigenvalue weighted by Crippen LogP contribution is 2.47. The highest BCUT2D eigenvalue weighted by molar-refractivity contribution is 7.92. The van der Waals surface area contributed by atoms with Gasteiger partial charge in [-0.15, -0.1) is 4.36 Å². The Kier molecular flexibility index (Phi) is 9.90. The molecule has 1 unspecified atom stereocenters. The van der Waals surface area contributed by atoms with Crippen LogP contribution in [0.1, 0.15) is 60.5 Å². The summed E-state index contributed by atoms with van der Waals surface area (Å²) in [7, 11) is -1.90. The number of allylic oxidation sites excluding steroid dienone is 1. The fourth-order valence-corrected chi connectivity index (χ4v) is 10.5. The second kappa shape index (κ2) is 14.1. The van der Waals surface area contributed by atoms with Gasteiger partial charge in [0, 0.05) is 49.3 Å². The monoisotopic (exact) mass is 730 g/mol. The fraction of sp³-hybridized carbons (Fsp3) is 0.568. The van der Waals surface area contributed by atoms with E-state index in [1.807, 2.05) is 19.1 Å². The Hall–Kier alpha value is -3.22. The van der Waals surface area contributed by atoms with Gasteiger partial charge < -0.3 is 19.3 Å². The molecule has 1 N–H and O–H groups in total. The van der Waals surface area contributed by atoms with Crippen LogP contribution in [0.5, 0.6) is 5.75 Å². The zero-order chi connectivity index (χ0) is 35.2. The Morgan fingerprint density at radius 1 is 1.18 bits per heavy atom. The highest BCUT2D eigenvalue weighted by Gasteiger charge is 2.44. The van der Waals surface area contributed by atoms with Gasteiger partial charge in [0.1, 0.15) is 15.7 Å². The van der Waals surface area contributed by atoms with Crippen molar-refractivity contribution in [3.05, 3.63) is 70.3 Å². The molecule has 3 aliphatic heterocycles. The smallest absolute Gasteiger partial charge is 0.329 e. The minimum Gasteiger partial charge on any atom is -0.490 e. The Morgan fingerprint density at radius 2 is 2.00 bits per heavy atom. The van der Waals surface area contributed by atoms with Gasteiger partial charge in [0.15, 0.2) is 0 Å². The molecule has 0 radical (unpaired) electrons. The van der Waals surface area contributed by atoms with Crippen molar-refractivity contribution >= 4 is 39.1 Å². The SMILES string of the molecule is CO[C@H]1/C=C/C[C@H](C)CS(=O)(NC(=O)N2CC(C(F)F)C2)=NC(=O)c2ccc3c(c2)N(C[C@@H]2CC[C@H]21)C[C@@]1(CCCc2cc(Cl)ccc21)CO3. The van der Waals surface area contributed by atoms with Gasteiger partial charge in [0.25, 0.3) is 5.91 Å². The van der Waals surface area contributed by atoms with Gasteiger partial charge in [-0.05, 0) is 97.7 Å². The summed E-state index contributed by atoms with van der Waals surface area (Å²) in [6.45, 7) is 3.49. The number of carbonyl (C=O) groups is 2. The maximum Gasteiger partial charge on any atom is 0.329 e. The molecule has 1 saturated heterocycles. The van der Waals surface area contributed by atoms with Crippen LogP contribution in [-0.4, -0.2) is 79.2 Å². The lowest BCUT2D eigenvalue weighted by Gasteiger charge is -2.46. The van der Waals surface area contributed by atoms with E-state index in [0.29, 0.717) is 37.2 Å². The maximum absolute atomic E-state index is 14.3. The van der Waals surface area contributed by atoms with Gasteiger partial charge in [0.05, 0.1) is 30.1 Å². The number of likely N-dealkylation sites (tertiary alicyclic amines) is 1. The Labute approximate surface area is 298 Å². The number of benzene rings is 2. The molecule has 7 rings (SSSR count). The summed E-state index contributed by atoms with van der Waals surface area (Å²) < 4.78 is 59.8. The summed E-state index contributed by atoms with van der Waals surface area (Å²) in [4.78, 5) is 30.5. The molecule has 1 spiro atoms. The third-order valence-electron chi connectivity index (χ3n) is 11.3. The van der Waals surface area contributed by atoms with E-state index in [1.54, 1.807) is 25.3 Å². The summed E-state index contributed by atoms with van der Waals surface area (Å²) in [6, 6.07) is 10.6. The number of nitrogens with one attached hydrogen (secondary N) is 1. The van der Waals surface area contributed by atoms with E-state index >= 15 is 0 Å². The molecule has 2 bridgehead atoms. The quantitative estimate of drug-likeness (QED) is 0.346. The molecule has 5 aliphatic rings. The summed E-state index contributed by atoms with van der Waals surface area (Å²) in [5.41, 5.74) is 3.19. The Balaban J connectivity index is 1.27.